The topological polar surface area (TPSA) is 47.9 Å². The van der Waals surface area contributed by atoms with Gasteiger partial charge in [-0.05, 0) is 60.4 Å². The van der Waals surface area contributed by atoms with Crippen molar-refractivity contribution in [1.82, 2.24) is 0 Å². The van der Waals surface area contributed by atoms with Gasteiger partial charge in [0.1, 0.15) is 5.75 Å². The molecular formula is C22H22O4. The van der Waals surface area contributed by atoms with E-state index < -0.39 is 0 Å². The minimum atomic E-state index is 0.152. The second-order valence-corrected chi connectivity index (χ2v) is 5.91. The quantitative estimate of drug-likeness (QED) is 0.652. The molecule has 0 atom stereocenters. The van der Waals surface area contributed by atoms with Crippen LogP contribution >= 0.6 is 0 Å². The zero-order valence-electron chi connectivity index (χ0n) is 14.9. The first-order chi connectivity index (χ1) is 12.7. The molecule has 0 saturated heterocycles. The second kappa shape index (κ2) is 8.30. The van der Waals surface area contributed by atoms with Crippen LogP contribution in [0, 0.1) is 0 Å². The van der Waals surface area contributed by atoms with Gasteiger partial charge in [-0.1, -0.05) is 30.3 Å². The summed E-state index contributed by atoms with van der Waals surface area (Å²) in [5.41, 5.74) is 2.24. The molecule has 0 amide bonds. The Kier molecular flexibility index (Phi) is 5.64. The first-order valence-electron chi connectivity index (χ1n) is 8.45. The van der Waals surface area contributed by atoms with Crippen LogP contribution in [0.2, 0.25) is 0 Å². The highest BCUT2D eigenvalue weighted by atomic mass is 16.5. The zero-order valence-corrected chi connectivity index (χ0v) is 14.9. The molecule has 3 aromatic carbocycles. The van der Waals surface area contributed by atoms with Crippen molar-refractivity contribution in [2.75, 3.05) is 14.2 Å². The summed E-state index contributed by atoms with van der Waals surface area (Å²) in [5, 5.41) is 9.70. The number of phenolic OH excluding ortho intramolecular Hbond substituents is 1. The molecule has 0 aliphatic carbocycles. The van der Waals surface area contributed by atoms with Crippen LogP contribution in [-0.2, 0) is 12.8 Å². The maximum Gasteiger partial charge on any atom is 0.169 e. The predicted octanol–water partition coefficient (Wildman–Crippen LogP) is 4.99. The molecule has 0 radical (unpaired) electrons. The molecule has 3 aromatic rings. The predicted molar refractivity (Wildman–Crippen MR) is 102 cm³/mol. The number of methoxy groups -OCH3 is 2. The number of rotatable bonds is 7. The summed E-state index contributed by atoms with van der Waals surface area (Å²) >= 11 is 0. The molecule has 0 saturated carbocycles. The molecule has 134 valence electrons. The average Bonchev–Trinajstić information content (AvgIpc) is 2.68. The van der Waals surface area contributed by atoms with E-state index in [4.69, 9.17) is 14.2 Å². The fourth-order valence-electron chi connectivity index (χ4n) is 2.74. The standard InChI is InChI=1S/C22H22O4/c1-24-20-13-11-17(15-22(20)26-18-6-4-3-5-7-18)9-8-16-10-12-19(23)21(14-16)25-2/h3-7,10-15,23H,8-9H2,1-2H3. The van der Waals surface area contributed by atoms with Gasteiger partial charge in [0.2, 0.25) is 0 Å². The lowest BCUT2D eigenvalue weighted by atomic mass is 10.0. The molecule has 26 heavy (non-hydrogen) atoms. The Morgan fingerprint density at radius 2 is 1.31 bits per heavy atom. The summed E-state index contributed by atoms with van der Waals surface area (Å²) in [7, 11) is 3.19. The molecule has 0 fully saturated rings. The van der Waals surface area contributed by atoms with Crippen molar-refractivity contribution in [3.05, 3.63) is 77.9 Å². The monoisotopic (exact) mass is 350 g/mol. The molecule has 0 aromatic heterocycles. The smallest absolute Gasteiger partial charge is 0.169 e. The highest BCUT2D eigenvalue weighted by molar-refractivity contribution is 5.46. The first kappa shape index (κ1) is 17.7. The maximum absolute atomic E-state index is 9.70. The largest absolute Gasteiger partial charge is 0.504 e. The SMILES string of the molecule is COc1cc(CCc2ccc(OC)c(Oc3ccccc3)c2)ccc1O. The minimum absolute atomic E-state index is 0.152. The number of phenols is 1. The third-order valence-electron chi connectivity index (χ3n) is 4.15. The van der Waals surface area contributed by atoms with Crippen molar-refractivity contribution in [1.29, 1.82) is 0 Å². The van der Waals surface area contributed by atoms with Crippen LogP contribution < -0.4 is 14.2 Å². The molecule has 4 nitrogen and oxygen atoms in total. The Balaban J connectivity index is 1.75. The number of ether oxygens (including phenoxy) is 3. The summed E-state index contributed by atoms with van der Waals surface area (Å²) in [5.74, 6) is 2.80. The average molecular weight is 350 g/mol. The minimum Gasteiger partial charge on any atom is -0.504 e. The van der Waals surface area contributed by atoms with Crippen molar-refractivity contribution in [2.24, 2.45) is 0 Å². The molecular weight excluding hydrogens is 328 g/mol. The van der Waals surface area contributed by atoms with Gasteiger partial charge in [0, 0.05) is 0 Å². The number of hydrogen-bond acceptors (Lipinski definition) is 4. The van der Waals surface area contributed by atoms with Gasteiger partial charge in [0.25, 0.3) is 0 Å². The Bertz CT molecular complexity index is 859. The normalized spacial score (nSPS) is 10.4. The molecule has 3 rings (SSSR count). The van der Waals surface area contributed by atoms with E-state index in [1.807, 2.05) is 60.7 Å². The Labute approximate surface area is 153 Å². The molecule has 0 unspecified atom stereocenters. The molecule has 0 aliphatic heterocycles. The van der Waals surface area contributed by atoms with Gasteiger partial charge in [0.05, 0.1) is 14.2 Å². The van der Waals surface area contributed by atoms with E-state index in [-0.39, 0.29) is 5.75 Å². The van der Waals surface area contributed by atoms with Crippen LogP contribution in [-0.4, -0.2) is 19.3 Å². The number of aromatic hydroxyl groups is 1. The first-order valence-corrected chi connectivity index (χ1v) is 8.45. The van der Waals surface area contributed by atoms with Gasteiger partial charge in [-0.3, -0.25) is 0 Å². The highest BCUT2D eigenvalue weighted by Crippen LogP contribution is 2.33. The van der Waals surface area contributed by atoms with Crippen LogP contribution in [0.1, 0.15) is 11.1 Å². The summed E-state index contributed by atoms with van der Waals surface area (Å²) in [6, 6.07) is 21.0. The Hall–Kier alpha value is -3.14. The molecule has 0 heterocycles. The summed E-state index contributed by atoms with van der Waals surface area (Å²) in [6.45, 7) is 0. The van der Waals surface area contributed by atoms with E-state index in [1.165, 1.54) is 0 Å². The molecule has 0 spiro atoms. The van der Waals surface area contributed by atoms with Gasteiger partial charge in [-0.15, -0.1) is 0 Å². The van der Waals surface area contributed by atoms with Gasteiger partial charge in [-0.25, -0.2) is 0 Å². The molecule has 4 heteroatoms. The lowest BCUT2D eigenvalue weighted by Gasteiger charge is -2.12. The number of hydrogen-bond donors (Lipinski definition) is 1. The third kappa shape index (κ3) is 4.28. The van der Waals surface area contributed by atoms with Crippen LogP contribution in [0.15, 0.2) is 66.7 Å². The highest BCUT2D eigenvalue weighted by Gasteiger charge is 2.08. The van der Waals surface area contributed by atoms with Crippen molar-refractivity contribution in [2.45, 2.75) is 12.8 Å². The van der Waals surface area contributed by atoms with Gasteiger partial charge in [0.15, 0.2) is 23.0 Å². The van der Waals surface area contributed by atoms with Crippen LogP contribution in [0.25, 0.3) is 0 Å². The van der Waals surface area contributed by atoms with Gasteiger partial charge >= 0.3 is 0 Å². The van der Waals surface area contributed by atoms with Crippen LogP contribution in [0.5, 0.6) is 28.7 Å². The van der Waals surface area contributed by atoms with Crippen molar-refractivity contribution in [3.8, 4) is 28.7 Å². The summed E-state index contributed by atoms with van der Waals surface area (Å²) in [4.78, 5) is 0. The van der Waals surface area contributed by atoms with E-state index in [0.717, 1.165) is 29.7 Å². The van der Waals surface area contributed by atoms with Crippen molar-refractivity contribution >= 4 is 0 Å². The van der Waals surface area contributed by atoms with E-state index in [0.29, 0.717) is 17.2 Å². The Morgan fingerprint density at radius 1 is 0.692 bits per heavy atom. The molecule has 0 aliphatic rings. The molecule has 1 N–H and O–H groups in total. The number of aryl methyl sites for hydroxylation is 2. The van der Waals surface area contributed by atoms with Crippen molar-refractivity contribution in [3.63, 3.8) is 0 Å². The van der Waals surface area contributed by atoms with Crippen LogP contribution in [0.4, 0.5) is 0 Å². The zero-order chi connectivity index (χ0) is 18.4. The van der Waals surface area contributed by atoms with Crippen molar-refractivity contribution < 1.29 is 19.3 Å². The Morgan fingerprint density at radius 3 is 1.96 bits per heavy atom. The van der Waals surface area contributed by atoms with E-state index >= 15 is 0 Å². The lowest BCUT2D eigenvalue weighted by molar-refractivity contribution is 0.373. The summed E-state index contributed by atoms with van der Waals surface area (Å²) < 4.78 is 16.5. The van der Waals surface area contributed by atoms with Gasteiger partial charge < -0.3 is 19.3 Å². The van der Waals surface area contributed by atoms with E-state index in [9.17, 15) is 5.11 Å². The molecule has 0 bridgehead atoms. The maximum atomic E-state index is 9.70. The van der Waals surface area contributed by atoms with Crippen LogP contribution in [0.3, 0.4) is 0 Å². The second-order valence-electron chi connectivity index (χ2n) is 5.91. The van der Waals surface area contributed by atoms with E-state index in [1.54, 1.807) is 20.3 Å². The van der Waals surface area contributed by atoms with Gasteiger partial charge in [-0.2, -0.15) is 0 Å². The van der Waals surface area contributed by atoms with E-state index in [2.05, 4.69) is 0 Å². The third-order valence-corrected chi connectivity index (χ3v) is 4.15. The number of benzene rings is 3. The number of para-hydroxylation sites is 1. The summed E-state index contributed by atoms with van der Waals surface area (Å²) in [6.07, 6.45) is 1.66. The fraction of sp³-hybridized carbons (Fsp3) is 0.182. The lowest BCUT2D eigenvalue weighted by Crippen LogP contribution is -1.95. The fourth-order valence-corrected chi connectivity index (χ4v) is 2.74.